The van der Waals surface area contributed by atoms with Gasteiger partial charge in [-0.25, -0.2) is 0 Å². The number of benzene rings is 1. The molecule has 0 unspecified atom stereocenters. The molecule has 23 heavy (non-hydrogen) atoms. The van der Waals surface area contributed by atoms with Crippen molar-refractivity contribution in [1.82, 2.24) is 5.32 Å². The molecule has 0 bridgehead atoms. The van der Waals surface area contributed by atoms with Crippen molar-refractivity contribution in [2.24, 2.45) is 10.7 Å². The molecule has 5 nitrogen and oxygen atoms in total. The monoisotopic (exact) mass is 539 g/mol. The summed E-state index contributed by atoms with van der Waals surface area (Å²) in [6.45, 7) is 4.87. The molecule has 0 aliphatic carbocycles. The zero-order valence-corrected chi connectivity index (χ0v) is 18.2. The van der Waals surface area contributed by atoms with Gasteiger partial charge in [-0.2, -0.15) is 0 Å². The Balaban J connectivity index is 0.00000484. The molecule has 0 fully saturated rings. The van der Waals surface area contributed by atoms with Gasteiger partial charge in [-0.3, -0.25) is 4.99 Å². The van der Waals surface area contributed by atoms with E-state index in [1.165, 1.54) is 0 Å². The van der Waals surface area contributed by atoms with Gasteiger partial charge in [-0.1, -0.05) is 39.1 Å². The zero-order chi connectivity index (χ0) is 16.4. The van der Waals surface area contributed by atoms with Crippen LogP contribution in [0.15, 0.2) is 21.6 Å². The Labute approximate surface area is 172 Å². The number of halogens is 4. The van der Waals surface area contributed by atoms with Gasteiger partial charge in [0.1, 0.15) is 6.61 Å². The molecule has 0 aromatic heterocycles. The minimum Gasteiger partial charge on any atom is -0.489 e. The molecule has 0 aliphatic heterocycles. The van der Waals surface area contributed by atoms with E-state index in [1.54, 1.807) is 12.1 Å². The van der Waals surface area contributed by atoms with Crippen LogP contribution < -0.4 is 15.8 Å². The molecule has 9 heteroatoms. The fourth-order valence-electron chi connectivity index (χ4n) is 1.57. The first-order valence-electron chi connectivity index (χ1n) is 6.93. The number of ether oxygens (including phenoxy) is 2. The number of nitrogens with zero attached hydrogens (tertiary/aromatic N) is 1. The molecule has 1 aromatic rings. The molecule has 0 aliphatic rings. The predicted octanol–water partition coefficient (Wildman–Crippen LogP) is 4.08. The third-order valence-electron chi connectivity index (χ3n) is 2.55. The number of hydrogen-bond acceptors (Lipinski definition) is 3. The first-order valence-corrected chi connectivity index (χ1v) is 8.48. The lowest BCUT2D eigenvalue weighted by atomic mass is 10.3. The van der Waals surface area contributed by atoms with Crippen LogP contribution in [0, 0.1) is 0 Å². The normalized spacial score (nSPS) is 11.0. The van der Waals surface area contributed by atoms with Crippen LogP contribution >= 0.6 is 63.1 Å². The van der Waals surface area contributed by atoms with Gasteiger partial charge in [-0.05, 0) is 25.5 Å². The summed E-state index contributed by atoms with van der Waals surface area (Å²) in [4.78, 5) is 4.18. The quantitative estimate of drug-likeness (QED) is 0.214. The van der Waals surface area contributed by atoms with E-state index in [-0.39, 0.29) is 24.0 Å². The lowest BCUT2D eigenvalue weighted by Crippen LogP contribution is -2.34. The number of nitrogens with two attached hydrogens (primary N) is 1. The van der Waals surface area contributed by atoms with Crippen molar-refractivity contribution in [2.45, 2.75) is 13.3 Å². The van der Waals surface area contributed by atoms with Gasteiger partial charge in [0.05, 0.1) is 16.6 Å². The summed E-state index contributed by atoms with van der Waals surface area (Å²) in [5.74, 6) is 0.841. The van der Waals surface area contributed by atoms with Crippen LogP contribution in [0.5, 0.6) is 5.75 Å². The minimum absolute atomic E-state index is 0. The molecular weight excluding hydrogens is 520 g/mol. The summed E-state index contributed by atoms with van der Waals surface area (Å²) in [7, 11) is 0. The standard InChI is InChI=1S/C14H20BrCl2N3O2.HI/c1-2-21-6-3-4-19-14(18)20-5-7-22-13-11(16)8-10(15)9-12(13)17;/h8-9H,2-7H2,1H3,(H3,18,19,20);1H. The Kier molecular flexibility index (Phi) is 13.4. The van der Waals surface area contributed by atoms with E-state index in [9.17, 15) is 0 Å². The van der Waals surface area contributed by atoms with Crippen molar-refractivity contribution in [1.29, 1.82) is 0 Å². The van der Waals surface area contributed by atoms with Crippen molar-refractivity contribution >= 4 is 69.1 Å². The highest BCUT2D eigenvalue weighted by atomic mass is 127. The number of aliphatic imine (C=N–C) groups is 1. The highest BCUT2D eigenvalue weighted by molar-refractivity contribution is 14.0. The first kappa shape index (κ1) is 23.0. The van der Waals surface area contributed by atoms with Crippen molar-refractivity contribution in [3.05, 3.63) is 26.7 Å². The topological polar surface area (TPSA) is 68.9 Å². The molecule has 0 amide bonds. The van der Waals surface area contributed by atoms with E-state index in [0.29, 0.717) is 48.1 Å². The Morgan fingerprint density at radius 3 is 2.57 bits per heavy atom. The Bertz CT molecular complexity index is 484. The number of hydrogen-bond donors (Lipinski definition) is 2. The maximum atomic E-state index is 6.07. The van der Waals surface area contributed by atoms with Crippen LogP contribution in [0.4, 0.5) is 0 Å². The molecule has 0 atom stereocenters. The molecule has 1 aromatic carbocycles. The molecule has 0 spiro atoms. The van der Waals surface area contributed by atoms with Gasteiger partial charge in [0.15, 0.2) is 11.7 Å². The number of nitrogens with one attached hydrogen (secondary N) is 1. The molecule has 0 heterocycles. The minimum atomic E-state index is 0. The summed E-state index contributed by atoms with van der Waals surface area (Å²) in [6.07, 6.45) is 0.844. The van der Waals surface area contributed by atoms with Gasteiger partial charge >= 0.3 is 0 Å². The third-order valence-corrected chi connectivity index (χ3v) is 3.57. The van der Waals surface area contributed by atoms with Crippen LogP contribution in [-0.2, 0) is 4.74 Å². The predicted molar refractivity (Wildman–Crippen MR) is 111 cm³/mol. The van der Waals surface area contributed by atoms with Crippen LogP contribution in [-0.4, -0.2) is 38.9 Å². The van der Waals surface area contributed by atoms with Crippen molar-refractivity contribution in [2.75, 3.05) is 32.9 Å². The number of guanidine groups is 1. The van der Waals surface area contributed by atoms with Crippen molar-refractivity contribution in [3.8, 4) is 5.75 Å². The Morgan fingerprint density at radius 2 is 1.96 bits per heavy atom. The second-order valence-corrected chi connectivity index (χ2v) is 6.02. The van der Waals surface area contributed by atoms with Gasteiger partial charge in [-0.15, -0.1) is 24.0 Å². The summed E-state index contributed by atoms with van der Waals surface area (Å²) >= 11 is 15.4. The Morgan fingerprint density at radius 1 is 1.30 bits per heavy atom. The number of rotatable bonds is 9. The molecule has 0 saturated heterocycles. The zero-order valence-electron chi connectivity index (χ0n) is 12.8. The maximum absolute atomic E-state index is 6.07. The van der Waals surface area contributed by atoms with Gasteiger partial charge in [0.25, 0.3) is 0 Å². The average molecular weight is 541 g/mol. The van der Waals surface area contributed by atoms with Crippen LogP contribution in [0.3, 0.4) is 0 Å². The largest absolute Gasteiger partial charge is 0.489 e. The van der Waals surface area contributed by atoms with Crippen molar-refractivity contribution < 1.29 is 9.47 Å². The SMILES string of the molecule is CCOCCCN=C(N)NCCOc1c(Cl)cc(Br)cc1Cl.I. The fraction of sp³-hybridized carbons (Fsp3) is 0.500. The summed E-state index contributed by atoms with van der Waals surface area (Å²) in [6, 6.07) is 3.45. The van der Waals surface area contributed by atoms with Crippen molar-refractivity contribution in [3.63, 3.8) is 0 Å². The molecule has 0 saturated carbocycles. The van der Waals surface area contributed by atoms with E-state index in [2.05, 4.69) is 26.2 Å². The van der Waals surface area contributed by atoms with E-state index >= 15 is 0 Å². The Hall–Kier alpha value is 0.0400. The maximum Gasteiger partial charge on any atom is 0.188 e. The average Bonchev–Trinajstić information content (AvgIpc) is 2.45. The lowest BCUT2D eigenvalue weighted by molar-refractivity contribution is 0.146. The van der Waals surface area contributed by atoms with E-state index in [4.69, 9.17) is 38.4 Å². The van der Waals surface area contributed by atoms with Crippen LogP contribution in [0.1, 0.15) is 13.3 Å². The third kappa shape index (κ3) is 9.81. The second kappa shape index (κ2) is 13.3. The molecular formula is C14H21BrCl2IN3O2. The molecule has 0 radical (unpaired) electrons. The molecule has 3 N–H and O–H groups in total. The molecule has 132 valence electrons. The van der Waals surface area contributed by atoms with Crippen LogP contribution in [0.2, 0.25) is 10.0 Å². The first-order chi connectivity index (χ1) is 10.5. The van der Waals surface area contributed by atoms with Gasteiger partial charge in [0, 0.05) is 24.2 Å². The van der Waals surface area contributed by atoms with Crippen LogP contribution in [0.25, 0.3) is 0 Å². The second-order valence-electron chi connectivity index (χ2n) is 4.29. The highest BCUT2D eigenvalue weighted by Gasteiger charge is 2.08. The van der Waals surface area contributed by atoms with Gasteiger partial charge < -0.3 is 20.5 Å². The summed E-state index contributed by atoms with van der Waals surface area (Å²) in [5.41, 5.74) is 5.73. The lowest BCUT2D eigenvalue weighted by Gasteiger charge is -2.11. The van der Waals surface area contributed by atoms with E-state index in [0.717, 1.165) is 17.5 Å². The molecule has 1 rings (SSSR count). The highest BCUT2D eigenvalue weighted by Crippen LogP contribution is 2.35. The fourth-order valence-corrected chi connectivity index (χ4v) is 2.88. The summed E-state index contributed by atoms with van der Waals surface area (Å²) < 4.78 is 11.6. The summed E-state index contributed by atoms with van der Waals surface area (Å²) in [5, 5.41) is 3.87. The smallest absolute Gasteiger partial charge is 0.188 e. The van der Waals surface area contributed by atoms with E-state index in [1.807, 2.05) is 6.92 Å². The van der Waals surface area contributed by atoms with E-state index < -0.39 is 0 Å². The van der Waals surface area contributed by atoms with Gasteiger partial charge in [0.2, 0.25) is 0 Å².